The Morgan fingerprint density at radius 3 is 2.19 bits per heavy atom. The number of hydrogen-bond acceptors (Lipinski definition) is 3. The summed E-state index contributed by atoms with van der Waals surface area (Å²) in [5.41, 5.74) is 3.51. The van der Waals surface area contributed by atoms with Gasteiger partial charge in [0.1, 0.15) is 11.6 Å². The summed E-state index contributed by atoms with van der Waals surface area (Å²) in [6.07, 6.45) is 1.33. The number of benzene rings is 3. The molecule has 1 radical (unpaired) electrons. The van der Waals surface area contributed by atoms with E-state index in [1.807, 2.05) is 97.9 Å². The maximum absolute atomic E-state index is 14.8. The fraction of sp³-hybridized carbons (Fsp3) is 0.312. The number of fused-ring (bicyclic) bond motifs is 3. The summed E-state index contributed by atoms with van der Waals surface area (Å²) in [6, 6.07) is 20.5. The molecule has 0 fully saturated rings. The molecular formula is C32H35FIrNO2-. The molecule has 0 unspecified atom stereocenters. The van der Waals surface area contributed by atoms with Crippen molar-refractivity contribution in [3.8, 4) is 11.3 Å². The van der Waals surface area contributed by atoms with Crippen LogP contribution in [0, 0.1) is 36.6 Å². The molecule has 197 valence electrons. The molecule has 0 spiro atoms. The second-order valence-electron chi connectivity index (χ2n) is 11.3. The minimum absolute atomic E-state index is 0. The number of carbonyl (C=O) groups is 1. The number of aromatic nitrogens is 1. The summed E-state index contributed by atoms with van der Waals surface area (Å²) in [6.45, 7) is 15.1. The van der Waals surface area contributed by atoms with Gasteiger partial charge in [-0.2, -0.15) is 0 Å². The molecule has 1 aromatic heterocycles. The van der Waals surface area contributed by atoms with E-state index in [2.05, 4.69) is 17.1 Å². The standard InChI is InChI=1S/C21H15FN.C11H20O2.Ir/c1-13-9-14(2)11-16(10-13)20-12-18(22)21-17-6-4-3-5-15(17)7-8-19(21)23-20;1-10(2,3)8(12)7-9(13)11(4,5)6;/h3-10,12H,1-2H3;7,12H,1-6H3;/q-1;;/b;8-7-;. The van der Waals surface area contributed by atoms with Crippen molar-refractivity contribution in [2.45, 2.75) is 55.4 Å². The molecule has 0 amide bonds. The Labute approximate surface area is 233 Å². The van der Waals surface area contributed by atoms with Gasteiger partial charge in [-0.3, -0.25) is 9.78 Å². The van der Waals surface area contributed by atoms with Crippen LogP contribution in [0.15, 0.2) is 66.4 Å². The van der Waals surface area contributed by atoms with Gasteiger partial charge >= 0.3 is 0 Å². The van der Waals surface area contributed by atoms with Gasteiger partial charge in [0, 0.05) is 42.4 Å². The van der Waals surface area contributed by atoms with Crippen LogP contribution in [0.2, 0.25) is 0 Å². The number of ketones is 1. The summed E-state index contributed by atoms with van der Waals surface area (Å²) >= 11 is 0. The predicted octanol–water partition coefficient (Wildman–Crippen LogP) is 8.70. The SMILES string of the molecule is CC(C)(C)C(=O)/C=C(\O)C(C)(C)C.Cc1[c-]c(-c2cc(F)c3c(ccc4ccccc43)n2)cc(C)c1.[Ir]. The van der Waals surface area contributed by atoms with E-state index < -0.39 is 5.41 Å². The molecule has 0 saturated carbocycles. The van der Waals surface area contributed by atoms with Gasteiger partial charge in [-0.25, -0.2) is 4.39 Å². The molecule has 0 atom stereocenters. The zero-order valence-electron chi connectivity index (χ0n) is 22.8. The Morgan fingerprint density at radius 2 is 1.59 bits per heavy atom. The van der Waals surface area contributed by atoms with E-state index in [1.165, 1.54) is 12.1 Å². The molecule has 37 heavy (non-hydrogen) atoms. The average Bonchev–Trinajstić information content (AvgIpc) is 2.77. The normalized spacial score (nSPS) is 12.1. The zero-order valence-corrected chi connectivity index (χ0v) is 25.2. The third-order valence-corrected chi connectivity index (χ3v) is 5.85. The van der Waals surface area contributed by atoms with E-state index in [0.717, 1.165) is 27.5 Å². The molecule has 0 aliphatic carbocycles. The van der Waals surface area contributed by atoms with Gasteiger partial charge in [-0.15, -0.1) is 34.9 Å². The maximum Gasteiger partial charge on any atom is 0.164 e. The van der Waals surface area contributed by atoms with E-state index >= 15 is 0 Å². The van der Waals surface area contributed by atoms with Crippen molar-refractivity contribution in [2.75, 3.05) is 0 Å². The smallest absolute Gasteiger partial charge is 0.164 e. The molecule has 4 aromatic rings. The van der Waals surface area contributed by atoms with Crippen molar-refractivity contribution < 1.29 is 34.4 Å². The van der Waals surface area contributed by atoms with Gasteiger partial charge < -0.3 is 5.11 Å². The van der Waals surface area contributed by atoms with Crippen LogP contribution in [-0.2, 0) is 24.9 Å². The van der Waals surface area contributed by atoms with E-state index in [4.69, 9.17) is 0 Å². The molecule has 3 nitrogen and oxygen atoms in total. The number of halogens is 1. The van der Waals surface area contributed by atoms with Crippen LogP contribution in [0.25, 0.3) is 32.9 Å². The number of allylic oxidation sites excluding steroid dienone is 2. The van der Waals surface area contributed by atoms with E-state index in [9.17, 15) is 14.3 Å². The second-order valence-corrected chi connectivity index (χ2v) is 11.3. The summed E-state index contributed by atoms with van der Waals surface area (Å²) in [4.78, 5) is 16.2. The number of aryl methyl sites for hydroxylation is 2. The quantitative estimate of drug-likeness (QED) is 0.100. The van der Waals surface area contributed by atoms with Crippen LogP contribution < -0.4 is 0 Å². The fourth-order valence-electron chi connectivity index (χ4n) is 3.69. The first-order valence-electron chi connectivity index (χ1n) is 12.1. The number of carbonyl (C=O) groups excluding carboxylic acids is 1. The molecule has 3 aromatic carbocycles. The Hall–Kier alpha value is -2.88. The summed E-state index contributed by atoms with van der Waals surface area (Å²) < 4.78 is 14.8. The first kappa shape index (κ1) is 30.3. The molecular weight excluding hydrogens is 642 g/mol. The molecule has 4 rings (SSSR count). The monoisotopic (exact) mass is 677 g/mol. The number of aliphatic hydroxyl groups excluding tert-OH is 1. The molecule has 0 bridgehead atoms. The second kappa shape index (κ2) is 11.7. The topological polar surface area (TPSA) is 50.2 Å². The van der Waals surface area contributed by atoms with Crippen molar-refractivity contribution in [1.29, 1.82) is 0 Å². The largest absolute Gasteiger partial charge is 0.512 e. The van der Waals surface area contributed by atoms with Gasteiger partial charge in [-0.05, 0) is 28.6 Å². The Kier molecular flexibility index (Phi) is 9.57. The van der Waals surface area contributed by atoms with Crippen molar-refractivity contribution in [3.63, 3.8) is 0 Å². The molecule has 0 aliphatic rings. The molecule has 5 heteroatoms. The van der Waals surface area contributed by atoms with Crippen LogP contribution in [0.4, 0.5) is 4.39 Å². The van der Waals surface area contributed by atoms with Crippen molar-refractivity contribution in [1.82, 2.24) is 4.98 Å². The Bertz CT molecular complexity index is 1440. The number of rotatable bonds is 2. The number of pyridine rings is 1. The van der Waals surface area contributed by atoms with Crippen molar-refractivity contribution >= 4 is 27.5 Å². The Balaban J connectivity index is 0.000000299. The van der Waals surface area contributed by atoms with Crippen LogP contribution in [-0.4, -0.2) is 15.9 Å². The van der Waals surface area contributed by atoms with E-state index in [-0.39, 0.29) is 42.9 Å². The van der Waals surface area contributed by atoms with Crippen LogP contribution in [0.3, 0.4) is 0 Å². The minimum Gasteiger partial charge on any atom is -0.512 e. The van der Waals surface area contributed by atoms with Crippen molar-refractivity contribution in [2.24, 2.45) is 10.8 Å². The van der Waals surface area contributed by atoms with Crippen LogP contribution in [0.5, 0.6) is 0 Å². The van der Waals surface area contributed by atoms with E-state index in [0.29, 0.717) is 16.6 Å². The molecule has 0 aliphatic heterocycles. The third kappa shape index (κ3) is 7.56. The van der Waals surface area contributed by atoms with Gasteiger partial charge in [0.2, 0.25) is 0 Å². The van der Waals surface area contributed by atoms with Gasteiger partial charge in [0.15, 0.2) is 5.78 Å². The maximum atomic E-state index is 14.8. The Morgan fingerprint density at radius 1 is 0.946 bits per heavy atom. The first-order chi connectivity index (χ1) is 16.7. The fourth-order valence-corrected chi connectivity index (χ4v) is 3.69. The zero-order chi connectivity index (χ0) is 26.8. The summed E-state index contributed by atoms with van der Waals surface area (Å²) in [5, 5.41) is 12.1. The predicted molar refractivity (Wildman–Crippen MR) is 148 cm³/mol. The van der Waals surface area contributed by atoms with E-state index in [1.54, 1.807) is 0 Å². The molecule has 1 heterocycles. The molecule has 1 N–H and O–H groups in total. The molecule has 0 saturated heterocycles. The number of aliphatic hydroxyl groups is 1. The van der Waals surface area contributed by atoms with Gasteiger partial charge in [0.25, 0.3) is 0 Å². The minimum atomic E-state index is -0.417. The van der Waals surface area contributed by atoms with Crippen LogP contribution >= 0.6 is 0 Å². The number of hydrogen-bond donors (Lipinski definition) is 1. The summed E-state index contributed by atoms with van der Waals surface area (Å²) in [5.74, 6) is -0.137. The average molecular weight is 677 g/mol. The van der Waals surface area contributed by atoms with Gasteiger partial charge in [0.05, 0.1) is 5.52 Å². The first-order valence-corrected chi connectivity index (χ1v) is 12.1. The van der Waals surface area contributed by atoms with Crippen molar-refractivity contribution in [3.05, 3.63) is 89.4 Å². The summed E-state index contributed by atoms with van der Waals surface area (Å²) in [7, 11) is 0. The van der Waals surface area contributed by atoms with Crippen LogP contribution in [0.1, 0.15) is 52.7 Å². The third-order valence-electron chi connectivity index (χ3n) is 5.85. The van der Waals surface area contributed by atoms with Gasteiger partial charge in [-0.1, -0.05) is 85.7 Å². The number of nitrogens with zero attached hydrogens (tertiary/aromatic N) is 1.